The van der Waals surface area contributed by atoms with E-state index in [1.807, 2.05) is 13.8 Å². The third-order valence-electron chi connectivity index (χ3n) is 11.0. The Balaban J connectivity index is 1.43. The van der Waals surface area contributed by atoms with E-state index in [0.717, 1.165) is 50.7 Å². The Morgan fingerprint density at radius 1 is 1.16 bits per heavy atom. The second kappa shape index (κ2) is 7.48. The van der Waals surface area contributed by atoms with Crippen LogP contribution in [0.3, 0.4) is 0 Å². The first-order chi connectivity index (χ1) is 17.5. The van der Waals surface area contributed by atoms with Crippen LogP contribution in [0.1, 0.15) is 79.6 Å². The summed E-state index contributed by atoms with van der Waals surface area (Å²) in [7, 11) is 0. The van der Waals surface area contributed by atoms with Gasteiger partial charge in [0, 0.05) is 18.3 Å². The lowest BCUT2D eigenvalue weighted by Crippen LogP contribution is -2.87. The maximum atomic E-state index is 14.4. The van der Waals surface area contributed by atoms with Gasteiger partial charge in [-0.2, -0.15) is 0 Å². The molecule has 8 aliphatic rings. The predicted molar refractivity (Wildman–Crippen MR) is 134 cm³/mol. The van der Waals surface area contributed by atoms with Crippen LogP contribution in [0, 0.1) is 34.0 Å². The van der Waals surface area contributed by atoms with E-state index in [1.165, 1.54) is 5.57 Å². The number of aliphatic hydroxyl groups is 1. The number of hydrogen-bond donors (Lipinski definition) is 1. The molecule has 2 unspecified atom stereocenters. The number of carbonyl (C=O) groups is 1. The van der Waals surface area contributed by atoms with Gasteiger partial charge in [0.2, 0.25) is 5.79 Å². The van der Waals surface area contributed by atoms with Gasteiger partial charge in [-0.25, -0.2) is 0 Å². The van der Waals surface area contributed by atoms with Gasteiger partial charge in [0.1, 0.15) is 17.3 Å². The zero-order valence-electron chi connectivity index (χ0n) is 22.9. The van der Waals surface area contributed by atoms with Gasteiger partial charge in [-0.15, -0.1) is 0 Å². The van der Waals surface area contributed by atoms with Crippen LogP contribution in [0.4, 0.5) is 0 Å². The van der Waals surface area contributed by atoms with Crippen LogP contribution in [0.5, 0.6) is 0 Å². The largest absolute Gasteiger partial charge is 0.469 e. The quantitative estimate of drug-likeness (QED) is 0.433. The molecule has 0 aromatic carbocycles. The minimum Gasteiger partial charge on any atom is -0.469 e. The lowest BCUT2D eigenvalue weighted by Gasteiger charge is -2.77. The summed E-state index contributed by atoms with van der Waals surface area (Å²) in [5.74, 6) is -2.00. The average Bonchev–Trinajstić information content (AvgIpc) is 2.94. The van der Waals surface area contributed by atoms with Gasteiger partial charge in [-0.05, 0) is 68.4 Å². The highest BCUT2D eigenvalue weighted by atomic mass is 16.8. The summed E-state index contributed by atoms with van der Waals surface area (Å²) in [5.41, 5.74) is -0.130. The Morgan fingerprint density at radius 2 is 1.95 bits per heavy atom. The molecule has 0 aromatic rings. The second-order valence-corrected chi connectivity index (χ2v) is 13.8. The molecule has 0 radical (unpaired) electrons. The minimum absolute atomic E-state index is 0.0471. The smallest absolute Gasteiger partial charge is 0.213 e. The maximum Gasteiger partial charge on any atom is 0.213 e. The first kappa shape index (κ1) is 24.8. The Bertz CT molecular complexity index is 1090. The molecule has 9 atom stereocenters. The zero-order valence-corrected chi connectivity index (χ0v) is 22.9. The molecule has 3 spiro atoms. The normalized spacial score (nSPS) is 50.3. The molecular weight excluding hydrogens is 472 g/mol. The minimum atomic E-state index is -1.47. The predicted octanol–water partition coefficient (Wildman–Crippen LogP) is 4.63. The number of rotatable bonds is 4. The van der Waals surface area contributed by atoms with Crippen molar-refractivity contribution in [2.24, 2.45) is 34.0 Å². The lowest BCUT2D eigenvalue weighted by molar-refractivity contribution is -0.527. The van der Waals surface area contributed by atoms with Gasteiger partial charge >= 0.3 is 0 Å². The molecule has 6 fully saturated rings. The van der Waals surface area contributed by atoms with E-state index in [4.69, 9.17) is 23.7 Å². The molecule has 1 N–H and O–H groups in total. The van der Waals surface area contributed by atoms with Crippen molar-refractivity contribution in [3.05, 3.63) is 23.5 Å². The zero-order chi connectivity index (χ0) is 26.2. The van der Waals surface area contributed by atoms with E-state index >= 15 is 0 Å². The van der Waals surface area contributed by atoms with Crippen LogP contribution in [0.15, 0.2) is 23.5 Å². The van der Waals surface area contributed by atoms with Crippen LogP contribution in [0.25, 0.3) is 0 Å². The summed E-state index contributed by atoms with van der Waals surface area (Å²) < 4.78 is 33.0. The highest BCUT2D eigenvalue weighted by Gasteiger charge is 2.90. The van der Waals surface area contributed by atoms with Crippen molar-refractivity contribution in [1.82, 2.24) is 0 Å². The number of aliphatic hydroxyl groups excluding tert-OH is 1. The molecule has 4 bridgehead atoms. The number of allylic oxidation sites excluding steroid dienone is 1. The molecule has 0 aromatic heterocycles. The second-order valence-electron chi connectivity index (χ2n) is 13.8. The Hall–Kier alpha value is -1.25. The third kappa shape index (κ3) is 2.69. The topological polar surface area (TPSA) is 83.5 Å². The molecule has 3 saturated heterocycles. The average molecular weight is 515 g/mol. The van der Waals surface area contributed by atoms with Gasteiger partial charge in [0.05, 0.1) is 24.7 Å². The summed E-state index contributed by atoms with van der Waals surface area (Å²) in [5, 5.41) is 12.4. The van der Waals surface area contributed by atoms with E-state index in [9.17, 15) is 9.90 Å². The molecule has 4 aliphatic heterocycles. The number of fused-ring (bicyclic) bond motifs is 1. The van der Waals surface area contributed by atoms with Gasteiger partial charge < -0.3 is 28.8 Å². The number of Topliss-reactive ketones (excluding diaryl/α,β-unsaturated/α-hetero) is 1. The summed E-state index contributed by atoms with van der Waals surface area (Å²) in [6.45, 7) is 15.7. The van der Waals surface area contributed by atoms with Crippen molar-refractivity contribution in [3.63, 3.8) is 0 Å². The molecule has 4 heterocycles. The fraction of sp³-hybridized carbons (Fsp3) is 0.833. The third-order valence-corrected chi connectivity index (χ3v) is 11.0. The molecule has 4 aliphatic carbocycles. The Labute approximate surface area is 219 Å². The number of hydrogen-bond acceptors (Lipinski definition) is 7. The summed E-state index contributed by atoms with van der Waals surface area (Å²) in [4.78, 5) is 14.4. The van der Waals surface area contributed by atoms with E-state index in [1.54, 1.807) is 0 Å². The first-order valence-electron chi connectivity index (χ1n) is 14.4. The standard InChI is InChI=1S/C30H42O7/c1-7-8-13-33-20-12-9-17-14-26(3,4)21-23(32)30-29-19(28(21,15-34-30)24(17)35-20)11-10-18(16(2)22(29)31)25(29)36-27(5,6)37-30/h18-21,23,25,32H,2,7-15H2,1,3-6H3/t18-,19-,20+,21+,23-,25?,28-,29-,30?/m0/s1. The monoisotopic (exact) mass is 514 g/mol. The van der Waals surface area contributed by atoms with Crippen LogP contribution in [0.2, 0.25) is 0 Å². The maximum absolute atomic E-state index is 14.4. The van der Waals surface area contributed by atoms with Crippen LogP contribution < -0.4 is 0 Å². The number of ether oxygens (including phenoxy) is 5. The van der Waals surface area contributed by atoms with Crippen molar-refractivity contribution in [2.45, 2.75) is 110 Å². The van der Waals surface area contributed by atoms with Crippen molar-refractivity contribution in [1.29, 1.82) is 0 Å². The summed E-state index contributed by atoms with van der Waals surface area (Å²) in [6, 6.07) is 0. The van der Waals surface area contributed by atoms with E-state index in [2.05, 4.69) is 27.4 Å². The molecular formula is C30H42O7. The van der Waals surface area contributed by atoms with Crippen molar-refractivity contribution >= 4 is 5.78 Å². The van der Waals surface area contributed by atoms with Gasteiger partial charge in [-0.3, -0.25) is 4.79 Å². The highest BCUT2D eigenvalue weighted by molar-refractivity contribution is 6.05. The highest BCUT2D eigenvalue weighted by Crippen LogP contribution is 2.80. The van der Waals surface area contributed by atoms with Crippen molar-refractivity contribution in [3.8, 4) is 0 Å². The van der Waals surface area contributed by atoms with Crippen molar-refractivity contribution < 1.29 is 33.6 Å². The summed E-state index contributed by atoms with van der Waals surface area (Å²) >= 11 is 0. The molecule has 7 nitrogen and oxygen atoms in total. The molecule has 3 saturated carbocycles. The van der Waals surface area contributed by atoms with E-state index in [0.29, 0.717) is 18.8 Å². The van der Waals surface area contributed by atoms with Crippen LogP contribution in [-0.4, -0.2) is 54.2 Å². The number of ketones is 1. The molecule has 7 heteroatoms. The first-order valence-corrected chi connectivity index (χ1v) is 14.4. The number of unbranched alkanes of at least 4 members (excludes halogenated alkanes) is 1. The fourth-order valence-corrected chi connectivity index (χ4v) is 10.1. The Morgan fingerprint density at radius 3 is 2.70 bits per heavy atom. The number of carbonyl (C=O) groups excluding carboxylic acids is 1. The molecule has 8 rings (SSSR count). The van der Waals surface area contributed by atoms with Crippen LogP contribution >= 0.6 is 0 Å². The van der Waals surface area contributed by atoms with E-state index in [-0.39, 0.29) is 35.2 Å². The van der Waals surface area contributed by atoms with Crippen LogP contribution in [-0.2, 0) is 28.5 Å². The fourth-order valence-electron chi connectivity index (χ4n) is 10.1. The molecule has 0 amide bonds. The van der Waals surface area contributed by atoms with Gasteiger partial charge in [-0.1, -0.05) is 33.8 Å². The Kier molecular flexibility index (Phi) is 5.01. The van der Waals surface area contributed by atoms with Gasteiger partial charge in [0.15, 0.2) is 17.9 Å². The lowest BCUT2D eigenvalue weighted by atomic mass is 9.36. The molecule has 37 heavy (non-hydrogen) atoms. The van der Waals surface area contributed by atoms with Crippen molar-refractivity contribution in [2.75, 3.05) is 13.2 Å². The molecule has 204 valence electrons. The van der Waals surface area contributed by atoms with E-state index < -0.39 is 34.6 Å². The SMILES string of the molecule is C=C1C(=O)[C@@]23C4OC(C)(C)OC25OC[C@]2(C6=C(CC[C@H](OCCCC)O6)CC(C)(C)[C@H]2[C@@H]5O)[C@@H]3CC[C@@H]14. The van der Waals surface area contributed by atoms with Gasteiger partial charge in [0.25, 0.3) is 0 Å². The summed E-state index contributed by atoms with van der Waals surface area (Å²) in [6.07, 6.45) is 4.53.